The second kappa shape index (κ2) is 7.71. The zero-order valence-electron chi connectivity index (χ0n) is 18.7. The van der Waals surface area contributed by atoms with E-state index in [1.54, 1.807) is 4.68 Å². The molecule has 158 valence electrons. The fourth-order valence-corrected chi connectivity index (χ4v) is 4.80. The first kappa shape index (κ1) is 20.3. The van der Waals surface area contributed by atoms with Gasteiger partial charge in [0.25, 0.3) is 0 Å². The van der Waals surface area contributed by atoms with E-state index < -0.39 is 0 Å². The second-order valence-corrected chi connectivity index (χ2v) is 10.3. The highest BCUT2D eigenvalue weighted by Crippen LogP contribution is 2.40. The van der Waals surface area contributed by atoms with Gasteiger partial charge in [0.05, 0.1) is 11.4 Å². The van der Waals surface area contributed by atoms with Gasteiger partial charge in [-0.2, -0.15) is 5.10 Å². The molecule has 6 nitrogen and oxygen atoms in total. The molecule has 0 spiro atoms. The van der Waals surface area contributed by atoms with Crippen LogP contribution in [0.5, 0.6) is 5.88 Å². The van der Waals surface area contributed by atoms with E-state index in [-0.39, 0.29) is 6.10 Å². The van der Waals surface area contributed by atoms with Crippen LogP contribution in [-0.4, -0.2) is 50.6 Å². The maximum atomic E-state index is 6.20. The molecule has 6 heteroatoms. The van der Waals surface area contributed by atoms with Crippen LogP contribution >= 0.6 is 0 Å². The van der Waals surface area contributed by atoms with Gasteiger partial charge in [0.2, 0.25) is 5.88 Å². The molecule has 29 heavy (non-hydrogen) atoms. The Balaban J connectivity index is 1.30. The van der Waals surface area contributed by atoms with Gasteiger partial charge in [0, 0.05) is 44.5 Å². The zero-order valence-corrected chi connectivity index (χ0v) is 18.7. The summed E-state index contributed by atoms with van der Waals surface area (Å²) in [5.74, 6) is 2.87. The van der Waals surface area contributed by atoms with Gasteiger partial charge in [-0.25, -0.2) is 0 Å². The van der Waals surface area contributed by atoms with Crippen LogP contribution in [0.1, 0.15) is 46.2 Å². The van der Waals surface area contributed by atoms with E-state index in [1.165, 1.54) is 19.6 Å². The van der Waals surface area contributed by atoms with Gasteiger partial charge < -0.3 is 9.64 Å². The lowest BCUT2D eigenvalue weighted by molar-refractivity contribution is 0.153. The number of rotatable bonds is 5. The standard InChI is InChI=1S/C23H35N5O/c1-15(23(3,4)5)11-28-12-17-9-19(10-18(17)13-28)29-22-8-7-21(24-25-22)20-14-27(6)26-16(20)2/h7-8,14-15,17-19H,9-13H2,1-6H3/t15?,17-,18+,19?. The molecule has 1 saturated heterocycles. The van der Waals surface area contributed by atoms with E-state index in [9.17, 15) is 0 Å². The van der Waals surface area contributed by atoms with Crippen molar-refractivity contribution in [1.82, 2.24) is 24.9 Å². The molecule has 0 bridgehead atoms. The summed E-state index contributed by atoms with van der Waals surface area (Å²) in [6, 6.07) is 3.93. The second-order valence-electron chi connectivity index (χ2n) is 10.3. The van der Waals surface area contributed by atoms with E-state index in [2.05, 4.69) is 47.9 Å². The highest BCUT2D eigenvalue weighted by molar-refractivity contribution is 5.60. The molecule has 0 amide bonds. The average Bonchev–Trinajstić information content (AvgIpc) is 3.27. The molecule has 2 aliphatic rings. The molecule has 1 saturated carbocycles. The Morgan fingerprint density at radius 1 is 1.14 bits per heavy atom. The van der Waals surface area contributed by atoms with Crippen molar-refractivity contribution in [2.24, 2.45) is 30.2 Å². The Morgan fingerprint density at radius 3 is 2.34 bits per heavy atom. The number of nitrogens with zero attached hydrogens (tertiary/aromatic N) is 5. The monoisotopic (exact) mass is 397 g/mol. The van der Waals surface area contributed by atoms with Crippen LogP contribution < -0.4 is 4.74 Å². The summed E-state index contributed by atoms with van der Waals surface area (Å²) in [4.78, 5) is 2.67. The summed E-state index contributed by atoms with van der Waals surface area (Å²) in [5.41, 5.74) is 3.20. The predicted octanol–water partition coefficient (Wildman–Crippen LogP) is 3.96. The average molecular weight is 398 g/mol. The van der Waals surface area contributed by atoms with Gasteiger partial charge in [-0.3, -0.25) is 4.68 Å². The van der Waals surface area contributed by atoms with E-state index in [0.717, 1.165) is 41.6 Å². The van der Waals surface area contributed by atoms with Crippen LogP contribution in [-0.2, 0) is 7.05 Å². The lowest BCUT2D eigenvalue weighted by atomic mass is 9.82. The molecule has 4 rings (SSSR count). The van der Waals surface area contributed by atoms with Crippen molar-refractivity contribution in [2.45, 2.75) is 53.6 Å². The topological polar surface area (TPSA) is 56.1 Å². The number of hydrogen-bond acceptors (Lipinski definition) is 5. The van der Waals surface area contributed by atoms with Crippen LogP contribution in [0.25, 0.3) is 11.3 Å². The number of ether oxygens (including phenoxy) is 1. The molecule has 2 unspecified atom stereocenters. The SMILES string of the molecule is Cc1nn(C)cc1-c1ccc(OC2C[C@@H]3CN(CC(C)C(C)(C)C)C[C@@H]3C2)nn1. The number of likely N-dealkylation sites (tertiary alicyclic amines) is 1. The summed E-state index contributed by atoms with van der Waals surface area (Å²) in [5, 5.41) is 13.1. The molecule has 4 atom stereocenters. The maximum Gasteiger partial charge on any atom is 0.233 e. The van der Waals surface area contributed by atoms with Crippen LogP contribution in [0.4, 0.5) is 0 Å². The Kier molecular flexibility index (Phi) is 5.40. The predicted molar refractivity (Wildman–Crippen MR) is 115 cm³/mol. The van der Waals surface area contributed by atoms with E-state index in [1.807, 2.05) is 32.3 Å². The number of aryl methyl sites for hydroxylation is 2. The Labute approximate surface area is 174 Å². The third kappa shape index (κ3) is 4.47. The molecule has 1 aliphatic carbocycles. The van der Waals surface area contributed by atoms with E-state index >= 15 is 0 Å². The van der Waals surface area contributed by atoms with E-state index in [0.29, 0.717) is 17.2 Å². The summed E-state index contributed by atoms with van der Waals surface area (Å²) >= 11 is 0. The Hall–Kier alpha value is -1.95. The largest absolute Gasteiger partial charge is 0.473 e. The van der Waals surface area contributed by atoms with Gasteiger partial charge in [-0.05, 0) is 49.0 Å². The smallest absolute Gasteiger partial charge is 0.233 e. The summed E-state index contributed by atoms with van der Waals surface area (Å²) < 4.78 is 8.00. The van der Waals surface area contributed by atoms with Crippen LogP contribution in [0.2, 0.25) is 0 Å². The first-order chi connectivity index (χ1) is 13.7. The van der Waals surface area contributed by atoms with Crippen LogP contribution in [0.15, 0.2) is 18.3 Å². The van der Waals surface area contributed by atoms with Gasteiger partial charge in [0.15, 0.2) is 0 Å². The quantitative estimate of drug-likeness (QED) is 0.764. The van der Waals surface area contributed by atoms with Crippen LogP contribution in [0.3, 0.4) is 0 Å². The van der Waals surface area contributed by atoms with E-state index in [4.69, 9.17) is 4.74 Å². The minimum atomic E-state index is 0.271. The molecule has 0 radical (unpaired) electrons. The van der Waals surface area contributed by atoms with Crippen molar-refractivity contribution in [1.29, 1.82) is 0 Å². The first-order valence-corrected chi connectivity index (χ1v) is 10.9. The van der Waals surface area contributed by atoms with Crippen LogP contribution in [0, 0.1) is 30.1 Å². The molecular weight excluding hydrogens is 362 g/mol. The van der Waals surface area contributed by atoms with Gasteiger partial charge in [-0.1, -0.05) is 27.7 Å². The molecule has 2 aromatic heterocycles. The number of hydrogen-bond donors (Lipinski definition) is 0. The highest BCUT2D eigenvalue weighted by atomic mass is 16.5. The molecule has 3 heterocycles. The molecule has 2 aromatic rings. The molecule has 1 aliphatic heterocycles. The number of aromatic nitrogens is 4. The summed E-state index contributed by atoms with van der Waals surface area (Å²) in [6.07, 6.45) is 4.52. The van der Waals surface area contributed by atoms with Crippen molar-refractivity contribution < 1.29 is 4.74 Å². The zero-order chi connectivity index (χ0) is 20.8. The van der Waals surface area contributed by atoms with Crippen molar-refractivity contribution in [3.8, 4) is 17.1 Å². The maximum absolute atomic E-state index is 6.20. The minimum Gasteiger partial charge on any atom is -0.473 e. The lowest BCUT2D eigenvalue weighted by Crippen LogP contribution is -2.33. The molecule has 2 fully saturated rings. The molecular formula is C23H35N5O. The summed E-state index contributed by atoms with van der Waals surface area (Å²) in [7, 11) is 1.92. The van der Waals surface area contributed by atoms with Crippen molar-refractivity contribution in [3.63, 3.8) is 0 Å². The van der Waals surface area contributed by atoms with Crippen molar-refractivity contribution in [3.05, 3.63) is 24.0 Å². The number of fused-ring (bicyclic) bond motifs is 1. The fourth-order valence-electron chi connectivity index (χ4n) is 4.80. The minimum absolute atomic E-state index is 0.271. The lowest BCUT2D eigenvalue weighted by Gasteiger charge is -2.31. The molecule has 0 aromatic carbocycles. The highest BCUT2D eigenvalue weighted by Gasteiger charge is 2.42. The fraction of sp³-hybridized carbons (Fsp3) is 0.696. The van der Waals surface area contributed by atoms with Gasteiger partial charge >= 0.3 is 0 Å². The third-order valence-corrected chi connectivity index (χ3v) is 7.01. The van der Waals surface area contributed by atoms with Crippen molar-refractivity contribution in [2.75, 3.05) is 19.6 Å². The Bertz CT molecular complexity index is 824. The third-order valence-electron chi connectivity index (χ3n) is 7.01. The van der Waals surface area contributed by atoms with Gasteiger partial charge in [-0.15, -0.1) is 10.2 Å². The normalized spacial score (nSPS) is 25.9. The summed E-state index contributed by atoms with van der Waals surface area (Å²) in [6.45, 7) is 15.1. The van der Waals surface area contributed by atoms with Crippen molar-refractivity contribution >= 4 is 0 Å². The first-order valence-electron chi connectivity index (χ1n) is 10.9. The molecule has 0 N–H and O–H groups in total. The Morgan fingerprint density at radius 2 is 1.83 bits per heavy atom. The van der Waals surface area contributed by atoms with Gasteiger partial charge in [0.1, 0.15) is 6.10 Å².